The van der Waals surface area contributed by atoms with Gasteiger partial charge in [-0.2, -0.15) is 0 Å². The Bertz CT molecular complexity index is 2590. The summed E-state index contributed by atoms with van der Waals surface area (Å²) in [6.07, 6.45) is 9.81. The van der Waals surface area contributed by atoms with Crippen LogP contribution in [0.15, 0.2) is 127 Å². The maximum atomic E-state index is 12.9. The predicted molar refractivity (Wildman–Crippen MR) is 239 cm³/mol. The van der Waals surface area contributed by atoms with Crippen molar-refractivity contribution < 1.29 is 43.9 Å². The van der Waals surface area contributed by atoms with Crippen LogP contribution in [0.3, 0.4) is 0 Å². The van der Waals surface area contributed by atoms with Crippen molar-refractivity contribution in [2.45, 2.75) is 62.3 Å². The number of nitrogens with zero attached hydrogens (tertiary/aromatic N) is 1. The van der Waals surface area contributed by atoms with E-state index in [9.17, 15) is 24.6 Å². The molecule has 1 aromatic heterocycles. The molecule has 1 saturated heterocycles. The molecule has 0 amide bonds. The number of hydrogen-bond donors (Lipinski definition) is 4. The molecule has 3 aliphatic heterocycles. The van der Waals surface area contributed by atoms with E-state index in [-0.39, 0.29) is 22.6 Å². The highest BCUT2D eigenvalue weighted by Crippen LogP contribution is 2.50. The van der Waals surface area contributed by atoms with Crippen molar-refractivity contribution in [3.8, 4) is 34.1 Å². The largest absolute Gasteiger partial charge is 0.508 e. The number of ether oxygens (including phenoxy) is 2. The minimum atomic E-state index is -1.26. The van der Waals surface area contributed by atoms with Crippen molar-refractivity contribution in [2.75, 3.05) is 27.2 Å². The van der Waals surface area contributed by atoms with Crippen LogP contribution in [0.25, 0.3) is 33.7 Å². The Morgan fingerprint density at radius 1 is 0.885 bits per heavy atom. The lowest BCUT2D eigenvalue weighted by Crippen LogP contribution is -2.28. The standard InChI is InChI=1S/C26H26O6.C19H19NS.C4H4O4/c1-14(2)6-11-17-22-18(12-13-26(3,4)32-22)24-20(23(17)30-5)21(28)19(25(29)31-24)15-7-9-16(27)10-8-15;1-20-12-10-14(11-13-20)19-15-6-2-4-8-17(15)21-18-9-5-3-7-16(18)19;5-3(6)1-2-4(7)8/h6-10,12-13,27-28H,11H2,1-5H3;2-9H,10-13H2,1H3;1-2H,(H,5,6)(H,7,8). The number of allylic oxidation sites excluding steroid dienone is 2. The lowest BCUT2D eigenvalue weighted by atomic mass is 9.88. The molecule has 4 aromatic carbocycles. The van der Waals surface area contributed by atoms with Crippen LogP contribution in [0.2, 0.25) is 0 Å². The van der Waals surface area contributed by atoms with E-state index in [1.165, 1.54) is 71.7 Å². The van der Waals surface area contributed by atoms with Gasteiger partial charge in [-0.3, -0.25) is 0 Å². The maximum Gasteiger partial charge on any atom is 0.348 e. The number of carboxylic acid groups (broad SMARTS) is 2. The number of hydrogen-bond acceptors (Lipinski definition) is 10. The fourth-order valence-corrected chi connectivity index (χ4v) is 8.43. The molecule has 12 heteroatoms. The number of methoxy groups -OCH3 is 1. The van der Waals surface area contributed by atoms with E-state index in [4.69, 9.17) is 24.1 Å². The summed E-state index contributed by atoms with van der Waals surface area (Å²) in [6, 6.07) is 23.7. The SMILES string of the molecule is CN1CCC(=C2c3ccccc3Sc3ccccc32)CC1.COc1c(CC=C(C)C)c2c(c3oc(=O)c(-c4ccc(O)cc4)c(O)c13)C=CC(C)(C)O2.O=C(O)C=CC(=O)O. The molecule has 316 valence electrons. The molecule has 0 atom stereocenters. The molecule has 0 aliphatic carbocycles. The molecular weight excluding hydrogens is 795 g/mol. The Morgan fingerprint density at radius 2 is 1.46 bits per heavy atom. The highest BCUT2D eigenvalue weighted by Gasteiger charge is 2.32. The van der Waals surface area contributed by atoms with E-state index in [0.29, 0.717) is 46.6 Å². The smallest absolute Gasteiger partial charge is 0.348 e. The van der Waals surface area contributed by atoms with Gasteiger partial charge in [0.25, 0.3) is 0 Å². The van der Waals surface area contributed by atoms with Gasteiger partial charge in [0.2, 0.25) is 0 Å². The molecule has 5 aromatic rings. The third-order valence-corrected chi connectivity index (χ3v) is 11.5. The number of aromatic hydroxyl groups is 2. The number of carboxylic acids is 2. The van der Waals surface area contributed by atoms with Crippen molar-refractivity contribution in [3.63, 3.8) is 0 Å². The lowest BCUT2D eigenvalue weighted by molar-refractivity contribution is -0.134. The molecule has 4 heterocycles. The molecule has 4 N–H and O–H groups in total. The molecule has 0 saturated carbocycles. The van der Waals surface area contributed by atoms with Gasteiger partial charge in [-0.25, -0.2) is 14.4 Å². The van der Waals surface area contributed by atoms with Crippen LogP contribution in [0, 0.1) is 0 Å². The molecule has 0 bridgehead atoms. The second kappa shape index (κ2) is 18.8. The number of piperidine rings is 1. The number of benzene rings is 4. The quantitative estimate of drug-likeness (QED) is 0.0713. The Labute approximate surface area is 358 Å². The van der Waals surface area contributed by atoms with Crippen molar-refractivity contribution in [1.29, 1.82) is 0 Å². The van der Waals surface area contributed by atoms with Crippen LogP contribution >= 0.6 is 11.8 Å². The van der Waals surface area contributed by atoms with E-state index < -0.39 is 23.2 Å². The van der Waals surface area contributed by atoms with Gasteiger partial charge < -0.3 is 39.2 Å². The van der Waals surface area contributed by atoms with E-state index in [1.807, 2.05) is 51.6 Å². The van der Waals surface area contributed by atoms with Crippen LogP contribution in [-0.4, -0.2) is 70.1 Å². The minimum absolute atomic E-state index is 0.00458. The third-order valence-electron chi connectivity index (χ3n) is 10.3. The van der Waals surface area contributed by atoms with Crippen LogP contribution in [0.4, 0.5) is 0 Å². The van der Waals surface area contributed by atoms with E-state index in [0.717, 1.165) is 11.1 Å². The molecule has 8 rings (SSSR count). The molecule has 11 nitrogen and oxygen atoms in total. The fourth-order valence-electron chi connectivity index (χ4n) is 7.34. The van der Waals surface area contributed by atoms with Crippen LogP contribution in [0.1, 0.15) is 62.8 Å². The van der Waals surface area contributed by atoms with Gasteiger partial charge in [-0.1, -0.05) is 77.5 Å². The van der Waals surface area contributed by atoms with E-state index >= 15 is 0 Å². The first-order chi connectivity index (χ1) is 29.1. The van der Waals surface area contributed by atoms with Crippen LogP contribution in [0.5, 0.6) is 23.0 Å². The molecule has 3 aliphatic rings. The monoisotopic (exact) mass is 843 g/mol. The van der Waals surface area contributed by atoms with Gasteiger partial charge in [0.1, 0.15) is 39.5 Å². The molecule has 1 fully saturated rings. The van der Waals surface area contributed by atoms with Gasteiger partial charge in [0, 0.05) is 40.6 Å². The highest BCUT2D eigenvalue weighted by atomic mass is 32.2. The van der Waals surface area contributed by atoms with Crippen molar-refractivity contribution in [1.82, 2.24) is 4.90 Å². The first kappa shape index (κ1) is 44.1. The van der Waals surface area contributed by atoms with Crippen molar-refractivity contribution >= 4 is 46.3 Å². The third kappa shape index (κ3) is 10.1. The molecule has 0 radical (unpaired) electrons. The summed E-state index contributed by atoms with van der Waals surface area (Å²) >= 11 is 1.91. The topological polar surface area (TPSA) is 167 Å². The van der Waals surface area contributed by atoms with Gasteiger partial charge in [-0.15, -0.1) is 0 Å². The maximum absolute atomic E-state index is 12.9. The normalized spacial score (nSPS) is 14.9. The van der Waals surface area contributed by atoms with Gasteiger partial charge in [0.15, 0.2) is 5.58 Å². The molecular formula is C49H49NO10S. The average molecular weight is 844 g/mol. The zero-order valence-electron chi connectivity index (χ0n) is 34.9. The van der Waals surface area contributed by atoms with Gasteiger partial charge >= 0.3 is 17.6 Å². The Kier molecular flexibility index (Phi) is 13.6. The number of phenolic OH excluding ortho intramolecular Hbond substituents is 1. The number of aliphatic carboxylic acids is 2. The predicted octanol–water partition coefficient (Wildman–Crippen LogP) is 9.96. The first-order valence-electron chi connectivity index (χ1n) is 19.7. The van der Waals surface area contributed by atoms with E-state index in [1.54, 1.807) is 17.7 Å². The zero-order valence-corrected chi connectivity index (χ0v) is 35.8. The van der Waals surface area contributed by atoms with Crippen molar-refractivity contribution in [2.24, 2.45) is 0 Å². The number of phenols is 1. The first-order valence-corrected chi connectivity index (χ1v) is 20.5. The number of likely N-dealkylation sites (tertiary alicyclic amines) is 1. The summed E-state index contributed by atoms with van der Waals surface area (Å²) in [5.74, 6) is -1.74. The molecule has 61 heavy (non-hydrogen) atoms. The number of fused-ring (bicyclic) bond motifs is 5. The van der Waals surface area contributed by atoms with Gasteiger partial charge in [-0.05, 0) is 113 Å². The summed E-state index contributed by atoms with van der Waals surface area (Å²) in [5, 5.41) is 36.8. The number of rotatable bonds is 6. The Hall–Kier alpha value is -6.50. The molecule has 0 unspecified atom stereocenters. The highest BCUT2D eigenvalue weighted by molar-refractivity contribution is 7.99. The summed E-state index contributed by atoms with van der Waals surface area (Å²) in [6.45, 7) is 10.2. The summed E-state index contributed by atoms with van der Waals surface area (Å²) in [7, 11) is 3.74. The van der Waals surface area contributed by atoms with Crippen LogP contribution in [-0.2, 0) is 16.0 Å². The lowest BCUT2D eigenvalue weighted by Gasteiger charge is -2.31. The molecule has 0 spiro atoms. The zero-order chi connectivity index (χ0) is 44.0. The second-order valence-electron chi connectivity index (χ2n) is 15.5. The summed E-state index contributed by atoms with van der Waals surface area (Å²) < 4.78 is 17.8. The van der Waals surface area contributed by atoms with Crippen molar-refractivity contribution in [3.05, 3.63) is 141 Å². The second-order valence-corrected chi connectivity index (χ2v) is 16.6. The Balaban J connectivity index is 0.000000183. The van der Waals surface area contributed by atoms with Gasteiger partial charge in [0.05, 0.1) is 12.7 Å². The van der Waals surface area contributed by atoms with E-state index in [2.05, 4.69) is 66.6 Å². The van der Waals surface area contributed by atoms with Crippen LogP contribution < -0.4 is 15.1 Å². The fraction of sp³-hybridized carbons (Fsp3) is 0.245. The average Bonchev–Trinajstić information content (AvgIpc) is 3.22. The summed E-state index contributed by atoms with van der Waals surface area (Å²) in [4.78, 5) is 37.3. The Morgan fingerprint density at radius 3 is 2.00 bits per heavy atom. The summed E-state index contributed by atoms with van der Waals surface area (Å²) in [5.41, 5.74) is 7.85. The number of carbonyl (C=O) groups is 2. The minimum Gasteiger partial charge on any atom is -0.508 e.